The van der Waals surface area contributed by atoms with Crippen molar-refractivity contribution in [1.82, 2.24) is 15.1 Å². The van der Waals surface area contributed by atoms with E-state index in [2.05, 4.69) is 15.1 Å². The molecule has 0 radical (unpaired) electrons. The summed E-state index contributed by atoms with van der Waals surface area (Å²) in [6, 6.07) is 7.54. The summed E-state index contributed by atoms with van der Waals surface area (Å²) in [5.74, 6) is 0. The van der Waals surface area contributed by atoms with Crippen molar-refractivity contribution in [1.29, 1.82) is 0 Å². The summed E-state index contributed by atoms with van der Waals surface area (Å²) in [7, 11) is 0. The number of nitrogens with one attached hydrogen (secondary N) is 1. The lowest BCUT2D eigenvalue weighted by Crippen LogP contribution is -2.37. The van der Waals surface area contributed by atoms with Crippen molar-refractivity contribution in [2.75, 3.05) is 31.1 Å². The van der Waals surface area contributed by atoms with E-state index in [1.807, 2.05) is 30.5 Å². The molecule has 2 aromatic rings. The molecule has 22 heavy (non-hydrogen) atoms. The smallest absolute Gasteiger partial charge is 0.411 e. The number of hydrogen-bond donors (Lipinski definition) is 2. The zero-order chi connectivity index (χ0) is 15.4. The minimum atomic E-state index is -0.907. The fraction of sp³-hybridized carbons (Fsp3) is 0.375. The van der Waals surface area contributed by atoms with E-state index >= 15 is 0 Å². The molecule has 0 unspecified atom stereocenters. The highest BCUT2D eigenvalue weighted by Crippen LogP contribution is 2.22. The molecule has 0 atom stereocenters. The number of hydrogen-bond acceptors (Lipinski definition) is 3. The lowest BCUT2D eigenvalue weighted by Gasteiger charge is -2.23. The highest BCUT2D eigenvalue weighted by Gasteiger charge is 2.17. The van der Waals surface area contributed by atoms with Gasteiger partial charge in [0.25, 0.3) is 0 Å². The maximum Gasteiger partial charge on any atom is 0.411 e. The average molecular weight is 300 g/mol. The lowest BCUT2D eigenvalue weighted by atomic mass is 10.1. The molecule has 1 aliphatic heterocycles. The summed E-state index contributed by atoms with van der Waals surface area (Å²) in [4.78, 5) is 15.2. The van der Waals surface area contributed by atoms with Gasteiger partial charge in [-0.25, -0.2) is 4.79 Å². The first-order chi connectivity index (χ1) is 10.7. The fourth-order valence-electron chi connectivity index (χ4n) is 2.83. The van der Waals surface area contributed by atoms with Gasteiger partial charge in [0.2, 0.25) is 0 Å². The molecule has 0 bridgehead atoms. The van der Waals surface area contributed by atoms with Gasteiger partial charge in [0.1, 0.15) is 0 Å². The molecular weight excluding hydrogens is 280 g/mol. The number of rotatable bonds is 5. The molecular formula is C16H20N4O2. The third kappa shape index (κ3) is 3.28. The number of likely N-dealkylation sites (tertiary alicyclic amines) is 1. The van der Waals surface area contributed by atoms with Gasteiger partial charge in [-0.1, -0.05) is 12.1 Å². The zero-order valence-corrected chi connectivity index (χ0v) is 12.4. The standard InChI is InChI=1S/C16H20N4O2/c21-16(22)20(10-9-19-7-1-2-8-19)15-5-3-13(4-6-15)14-11-17-18-12-14/h3-6,11-12H,1-2,7-10H2,(H,17,18)(H,21,22). The number of aromatic nitrogens is 2. The average Bonchev–Trinajstić information content (AvgIpc) is 3.21. The molecule has 1 aromatic heterocycles. The maximum atomic E-state index is 11.5. The SMILES string of the molecule is O=C(O)N(CCN1CCCC1)c1ccc(-c2cn[nH]c2)cc1. The lowest BCUT2D eigenvalue weighted by molar-refractivity contribution is 0.200. The summed E-state index contributed by atoms with van der Waals surface area (Å²) in [5, 5.41) is 16.1. The van der Waals surface area contributed by atoms with Crippen LogP contribution in [0.1, 0.15) is 12.8 Å². The van der Waals surface area contributed by atoms with Crippen molar-refractivity contribution < 1.29 is 9.90 Å². The zero-order valence-electron chi connectivity index (χ0n) is 12.4. The number of benzene rings is 1. The largest absolute Gasteiger partial charge is 0.465 e. The molecule has 2 N–H and O–H groups in total. The monoisotopic (exact) mass is 300 g/mol. The third-order valence-electron chi connectivity index (χ3n) is 4.08. The summed E-state index contributed by atoms with van der Waals surface area (Å²) >= 11 is 0. The molecule has 6 heteroatoms. The molecule has 0 spiro atoms. The predicted molar refractivity (Wildman–Crippen MR) is 85.1 cm³/mol. The maximum absolute atomic E-state index is 11.5. The van der Waals surface area contributed by atoms with Gasteiger partial charge in [0.15, 0.2) is 0 Å². The Bertz CT molecular complexity index is 604. The minimum absolute atomic E-state index is 0.500. The van der Waals surface area contributed by atoms with Crippen LogP contribution in [0.2, 0.25) is 0 Å². The molecule has 0 aliphatic carbocycles. The first-order valence-electron chi connectivity index (χ1n) is 7.56. The van der Waals surface area contributed by atoms with Gasteiger partial charge in [0, 0.05) is 30.5 Å². The molecule has 0 saturated carbocycles. The van der Waals surface area contributed by atoms with Gasteiger partial charge in [-0.05, 0) is 43.6 Å². The molecule has 1 amide bonds. The summed E-state index contributed by atoms with van der Waals surface area (Å²) in [6.07, 6.45) is 5.09. The molecule has 2 heterocycles. The normalized spacial score (nSPS) is 15.1. The minimum Gasteiger partial charge on any atom is -0.465 e. The van der Waals surface area contributed by atoms with E-state index in [1.165, 1.54) is 17.7 Å². The van der Waals surface area contributed by atoms with Gasteiger partial charge in [-0.15, -0.1) is 0 Å². The van der Waals surface area contributed by atoms with Crippen LogP contribution >= 0.6 is 0 Å². The van der Waals surface area contributed by atoms with Crippen molar-refractivity contribution in [2.24, 2.45) is 0 Å². The third-order valence-corrected chi connectivity index (χ3v) is 4.08. The van der Waals surface area contributed by atoms with E-state index in [1.54, 1.807) is 6.20 Å². The van der Waals surface area contributed by atoms with Crippen molar-refractivity contribution >= 4 is 11.8 Å². The van der Waals surface area contributed by atoms with Crippen LogP contribution in [0.25, 0.3) is 11.1 Å². The Morgan fingerprint density at radius 2 is 1.95 bits per heavy atom. The van der Waals surface area contributed by atoms with E-state index in [4.69, 9.17) is 0 Å². The van der Waals surface area contributed by atoms with E-state index < -0.39 is 6.09 Å². The van der Waals surface area contributed by atoms with Crippen molar-refractivity contribution in [3.8, 4) is 11.1 Å². The Hall–Kier alpha value is -2.34. The predicted octanol–water partition coefficient (Wildman–Crippen LogP) is 2.66. The molecule has 1 fully saturated rings. The number of amides is 1. The van der Waals surface area contributed by atoms with Crippen LogP contribution in [0.15, 0.2) is 36.7 Å². The molecule has 1 aliphatic rings. The van der Waals surface area contributed by atoms with Crippen LogP contribution in [0.5, 0.6) is 0 Å². The number of anilines is 1. The van der Waals surface area contributed by atoms with E-state index in [0.717, 1.165) is 30.8 Å². The second kappa shape index (κ2) is 6.62. The number of nitrogens with zero attached hydrogens (tertiary/aromatic N) is 3. The Kier molecular flexibility index (Phi) is 4.39. The first kappa shape index (κ1) is 14.6. The molecule has 1 aromatic carbocycles. The molecule has 6 nitrogen and oxygen atoms in total. The van der Waals surface area contributed by atoms with Gasteiger partial charge in [0.05, 0.1) is 6.20 Å². The van der Waals surface area contributed by atoms with E-state index in [0.29, 0.717) is 12.2 Å². The number of aromatic amines is 1. The fourth-order valence-corrected chi connectivity index (χ4v) is 2.83. The Labute approximate surface area is 129 Å². The quantitative estimate of drug-likeness (QED) is 0.890. The van der Waals surface area contributed by atoms with Crippen molar-refractivity contribution in [3.63, 3.8) is 0 Å². The van der Waals surface area contributed by atoms with Gasteiger partial charge >= 0.3 is 6.09 Å². The van der Waals surface area contributed by atoms with Gasteiger partial charge in [-0.2, -0.15) is 5.10 Å². The van der Waals surface area contributed by atoms with Crippen LogP contribution in [0.4, 0.5) is 10.5 Å². The number of carbonyl (C=O) groups is 1. The van der Waals surface area contributed by atoms with Crippen LogP contribution in [0.3, 0.4) is 0 Å². The van der Waals surface area contributed by atoms with Crippen LogP contribution in [-0.4, -0.2) is 52.5 Å². The van der Waals surface area contributed by atoms with Crippen LogP contribution < -0.4 is 4.90 Å². The number of H-pyrrole nitrogens is 1. The van der Waals surface area contributed by atoms with Gasteiger partial charge in [-0.3, -0.25) is 10.00 Å². The van der Waals surface area contributed by atoms with Gasteiger partial charge < -0.3 is 10.0 Å². The second-order valence-corrected chi connectivity index (χ2v) is 5.52. The Morgan fingerprint density at radius 3 is 2.55 bits per heavy atom. The molecule has 3 rings (SSSR count). The highest BCUT2D eigenvalue weighted by atomic mass is 16.4. The van der Waals surface area contributed by atoms with Crippen molar-refractivity contribution in [3.05, 3.63) is 36.7 Å². The second-order valence-electron chi connectivity index (χ2n) is 5.52. The Morgan fingerprint density at radius 1 is 1.23 bits per heavy atom. The summed E-state index contributed by atoms with van der Waals surface area (Å²) in [6.45, 7) is 3.44. The van der Waals surface area contributed by atoms with Crippen LogP contribution in [-0.2, 0) is 0 Å². The Balaban J connectivity index is 1.69. The summed E-state index contributed by atoms with van der Waals surface area (Å²) < 4.78 is 0. The van der Waals surface area contributed by atoms with E-state index in [-0.39, 0.29) is 0 Å². The number of carboxylic acid groups (broad SMARTS) is 1. The molecule has 1 saturated heterocycles. The first-order valence-corrected chi connectivity index (χ1v) is 7.56. The van der Waals surface area contributed by atoms with Crippen LogP contribution in [0, 0.1) is 0 Å². The molecule has 116 valence electrons. The summed E-state index contributed by atoms with van der Waals surface area (Å²) in [5.41, 5.74) is 2.71. The van der Waals surface area contributed by atoms with Crippen molar-refractivity contribution in [2.45, 2.75) is 12.8 Å². The highest BCUT2D eigenvalue weighted by molar-refractivity contribution is 5.86. The topological polar surface area (TPSA) is 72.5 Å². The van der Waals surface area contributed by atoms with E-state index in [9.17, 15) is 9.90 Å².